The van der Waals surface area contributed by atoms with Gasteiger partial charge in [0.1, 0.15) is 12.1 Å². The summed E-state index contributed by atoms with van der Waals surface area (Å²) in [5, 5.41) is 17.6. The predicted octanol–water partition coefficient (Wildman–Crippen LogP) is 1.04. The van der Waals surface area contributed by atoms with Gasteiger partial charge in [-0.2, -0.15) is 0 Å². The van der Waals surface area contributed by atoms with Crippen molar-refractivity contribution in [3.8, 4) is 0 Å². The minimum Gasteiger partial charge on any atom is -0.392 e. The van der Waals surface area contributed by atoms with Crippen LogP contribution in [0.25, 0.3) is 5.65 Å². The summed E-state index contributed by atoms with van der Waals surface area (Å²) in [6.07, 6.45) is 5.32. The zero-order valence-electron chi connectivity index (χ0n) is 14.4. The fraction of sp³-hybridized carbons (Fsp3) is 0.412. The minimum absolute atomic E-state index is 0.0324. The lowest BCUT2D eigenvalue weighted by molar-refractivity contribution is 0.281. The molecule has 0 saturated carbocycles. The molecule has 0 amide bonds. The van der Waals surface area contributed by atoms with Crippen molar-refractivity contribution in [2.24, 2.45) is 0 Å². The van der Waals surface area contributed by atoms with E-state index in [4.69, 9.17) is 0 Å². The Labute approximate surface area is 145 Å². The Kier molecular flexibility index (Phi) is 3.96. The predicted molar refractivity (Wildman–Crippen MR) is 94.7 cm³/mol. The van der Waals surface area contributed by atoms with Crippen molar-refractivity contribution in [3.63, 3.8) is 0 Å². The molecule has 0 spiro atoms. The fourth-order valence-electron chi connectivity index (χ4n) is 3.40. The highest BCUT2D eigenvalue weighted by Gasteiger charge is 2.27. The third-order valence-corrected chi connectivity index (χ3v) is 4.60. The summed E-state index contributed by atoms with van der Waals surface area (Å²) in [5.41, 5.74) is 2.60. The molecular formula is C17H21N7O. The van der Waals surface area contributed by atoms with Crippen molar-refractivity contribution >= 4 is 17.3 Å². The topological polar surface area (TPSA) is 82.7 Å². The van der Waals surface area contributed by atoms with E-state index >= 15 is 0 Å². The van der Waals surface area contributed by atoms with Crippen molar-refractivity contribution in [1.29, 1.82) is 0 Å². The Morgan fingerprint density at radius 3 is 2.96 bits per heavy atom. The number of hydrogen-bond donors (Lipinski definition) is 1. The number of fused-ring (bicyclic) bond motifs is 1. The van der Waals surface area contributed by atoms with E-state index in [-0.39, 0.29) is 12.6 Å². The highest BCUT2D eigenvalue weighted by atomic mass is 16.3. The third kappa shape index (κ3) is 2.89. The lowest BCUT2D eigenvalue weighted by Gasteiger charge is -2.41. The van der Waals surface area contributed by atoms with Crippen molar-refractivity contribution in [2.45, 2.75) is 26.5 Å². The van der Waals surface area contributed by atoms with Gasteiger partial charge < -0.3 is 14.9 Å². The summed E-state index contributed by atoms with van der Waals surface area (Å²) in [5.74, 6) is 1.78. The molecule has 1 atom stereocenters. The first-order chi connectivity index (χ1) is 12.2. The molecule has 1 unspecified atom stereocenters. The molecule has 3 aromatic rings. The molecule has 8 heteroatoms. The molecule has 130 valence electrons. The van der Waals surface area contributed by atoms with Gasteiger partial charge in [0.05, 0.1) is 6.61 Å². The molecule has 4 rings (SSSR count). The summed E-state index contributed by atoms with van der Waals surface area (Å²) < 4.78 is 1.89. The van der Waals surface area contributed by atoms with Crippen molar-refractivity contribution < 1.29 is 5.11 Å². The van der Waals surface area contributed by atoms with Gasteiger partial charge >= 0.3 is 0 Å². The van der Waals surface area contributed by atoms with E-state index in [0.29, 0.717) is 0 Å². The largest absolute Gasteiger partial charge is 0.392 e. The molecule has 3 aromatic heterocycles. The number of nitrogens with zero attached hydrogens (tertiary/aromatic N) is 7. The summed E-state index contributed by atoms with van der Waals surface area (Å²) in [6, 6.07) is 4.13. The van der Waals surface area contributed by atoms with E-state index in [1.807, 2.05) is 29.7 Å². The maximum Gasteiger partial charge on any atom is 0.203 e. The first-order valence-electron chi connectivity index (χ1n) is 8.40. The molecule has 0 radical (unpaired) electrons. The molecule has 1 N–H and O–H groups in total. The molecule has 1 aliphatic rings. The normalized spacial score (nSPS) is 18.1. The quantitative estimate of drug-likeness (QED) is 0.763. The van der Waals surface area contributed by atoms with Crippen LogP contribution in [-0.4, -0.2) is 55.3 Å². The molecule has 0 aromatic carbocycles. The van der Waals surface area contributed by atoms with Gasteiger partial charge in [0.15, 0.2) is 5.82 Å². The average molecular weight is 339 g/mol. The molecule has 1 aliphatic heterocycles. The minimum atomic E-state index is 0.0324. The van der Waals surface area contributed by atoms with Crippen LogP contribution in [-0.2, 0) is 6.61 Å². The van der Waals surface area contributed by atoms with Crippen molar-refractivity contribution in [3.05, 3.63) is 42.1 Å². The first kappa shape index (κ1) is 15.8. The van der Waals surface area contributed by atoms with E-state index in [0.717, 1.165) is 48.2 Å². The number of aryl methyl sites for hydroxylation is 1. The molecule has 1 fully saturated rings. The van der Waals surface area contributed by atoms with Crippen LogP contribution in [0.1, 0.15) is 18.2 Å². The van der Waals surface area contributed by atoms with Crippen molar-refractivity contribution in [2.75, 3.05) is 29.4 Å². The van der Waals surface area contributed by atoms with Crippen molar-refractivity contribution in [1.82, 2.24) is 24.6 Å². The second-order valence-corrected chi connectivity index (χ2v) is 6.43. The van der Waals surface area contributed by atoms with Crippen LogP contribution in [0.5, 0.6) is 0 Å². The summed E-state index contributed by atoms with van der Waals surface area (Å²) in [4.78, 5) is 13.7. The number of rotatable bonds is 3. The lowest BCUT2D eigenvalue weighted by atomic mass is 10.1. The molecule has 0 aliphatic carbocycles. The van der Waals surface area contributed by atoms with Crippen LogP contribution in [0.3, 0.4) is 0 Å². The van der Waals surface area contributed by atoms with Crippen LogP contribution in [0.4, 0.5) is 11.6 Å². The molecule has 8 nitrogen and oxygen atoms in total. The summed E-state index contributed by atoms with van der Waals surface area (Å²) in [7, 11) is 0. The third-order valence-electron chi connectivity index (χ3n) is 4.60. The number of piperazine rings is 1. The SMILES string of the molecule is Cc1cc(CO)cc(N2CCN(c3nccn4cnnc34)C(C)C2)n1. The van der Waals surface area contributed by atoms with E-state index in [2.05, 4.69) is 36.9 Å². The number of aliphatic hydroxyl groups excluding tert-OH is 1. The monoisotopic (exact) mass is 339 g/mol. The molecule has 25 heavy (non-hydrogen) atoms. The van der Waals surface area contributed by atoms with Gasteiger partial charge in [0, 0.05) is 43.8 Å². The molecule has 1 saturated heterocycles. The number of hydrogen-bond acceptors (Lipinski definition) is 7. The summed E-state index contributed by atoms with van der Waals surface area (Å²) >= 11 is 0. The van der Waals surface area contributed by atoms with Gasteiger partial charge in [-0.15, -0.1) is 10.2 Å². The Hall–Kier alpha value is -2.74. The number of anilines is 2. The standard InChI is InChI=1S/C17H21N7O/c1-12-7-14(10-25)8-15(20-12)22-5-6-24(13(2)9-22)16-17-21-19-11-23(17)4-3-18-16/h3-4,7-8,11,13,25H,5-6,9-10H2,1-2H3. The molecule has 0 bridgehead atoms. The Balaban J connectivity index is 1.58. The van der Waals surface area contributed by atoms with Crippen LogP contribution < -0.4 is 9.80 Å². The van der Waals surface area contributed by atoms with Gasteiger partial charge in [0.2, 0.25) is 5.65 Å². The first-order valence-corrected chi connectivity index (χ1v) is 8.40. The Bertz CT molecular complexity index is 894. The molecule has 4 heterocycles. The number of pyridine rings is 1. The van der Waals surface area contributed by atoms with Crippen LogP contribution in [0, 0.1) is 6.92 Å². The van der Waals surface area contributed by atoms with Gasteiger partial charge in [-0.05, 0) is 31.5 Å². The average Bonchev–Trinajstić information content (AvgIpc) is 3.10. The zero-order valence-corrected chi connectivity index (χ0v) is 14.4. The van der Waals surface area contributed by atoms with Crippen LogP contribution in [0.2, 0.25) is 0 Å². The maximum absolute atomic E-state index is 9.43. The van der Waals surface area contributed by atoms with Crippen LogP contribution in [0.15, 0.2) is 30.9 Å². The van der Waals surface area contributed by atoms with Gasteiger partial charge in [-0.3, -0.25) is 4.40 Å². The lowest BCUT2D eigenvalue weighted by Crippen LogP contribution is -2.52. The highest BCUT2D eigenvalue weighted by Crippen LogP contribution is 2.24. The van der Waals surface area contributed by atoms with Gasteiger partial charge in [-0.1, -0.05) is 0 Å². The smallest absolute Gasteiger partial charge is 0.203 e. The Morgan fingerprint density at radius 2 is 2.16 bits per heavy atom. The highest BCUT2D eigenvalue weighted by molar-refractivity contribution is 5.64. The van der Waals surface area contributed by atoms with E-state index in [1.54, 1.807) is 12.5 Å². The zero-order chi connectivity index (χ0) is 17.4. The fourth-order valence-corrected chi connectivity index (χ4v) is 3.40. The van der Waals surface area contributed by atoms with Gasteiger partial charge in [-0.25, -0.2) is 9.97 Å². The maximum atomic E-state index is 9.43. The van der Waals surface area contributed by atoms with E-state index in [9.17, 15) is 5.11 Å². The Morgan fingerprint density at radius 1 is 1.28 bits per heavy atom. The van der Waals surface area contributed by atoms with E-state index in [1.165, 1.54) is 0 Å². The summed E-state index contributed by atoms with van der Waals surface area (Å²) in [6.45, 7) is 6.66. The second-order valence-electron chi connectivity index (χ2n) is 6.43. The van der Waals surface area contributed by atoms with Crippen LogP contribution >= 0.6 is 0 Å². The molecular weight excluding hydrogens is 318 g/mol. The van der Waals surface area contributed by atoms with Gasteiger partial charge in [0.25, 0.3) is 0 Å². The number of aromatic nitrogens is 5. The second kappa shape index (κ2) is 6.29. The van der Waals surface area contributed by atoms with E-state index < -0.39 is 0 Å². The number of aliphatic hydroxyl groups is 1.